The molecule has 0 radical (unpaired) electrons. The number of carbonyl (C=O) groups is 1. The van der Waals surface area contributed by atoms with E-state index in [2.05, 4.69) is 10.6 Å². The van der Waals surface area contributed by atoms with Crippen molar-refractivity contribution in [3.8, 4) is 22.5 Å². The first-order valence-corrected chi connectivity index (χ1v) is 12.6. The Kier molecular flexibility index (Phi) is 7.16. The Balaban J connectivity index is 1.51. The van der Waals surface area contributed by atoms with Crippen LogP contribution in [-0.4, -0.2) is 43.0 Å². The molecule has 0 saturated carbocycles. The van der Waals surface area contributed by atoms with Crippen molar-refractivity contribution in [3.63, 3.8) is 0 Å². The molecule has 9 heteroatoms. The lowest BCUT2D eigenvalue weighted by Crippen LogP contribution is -2.44. The van der Waals surface area contributed by atoms with E-state index < -0.39 is 5.97 Å². The van der Waals surface area contributed by atoms with Crippen molar-refractivity contribution < 1.29 is 23.8 Å². The van der Waals surface area contributed by atoms with Crippen LogP contribution in [0.5, 0.6) is 0 Å². The number of fused-ring (bicyclic) bond motifs is 2. The molecule has 0 bridgehead atoms. The van der Waals surface area contributed by atoms with E-state index in [1.165, 1.54) is 18.2 Å². The topological polar surface area (TPSA) is 113 Å². The fraction of sp³-hybridized carbons (Fsp3) is 0.276. The summed E-state index contributed by atoms with van der Waals surface area (Å²) < 4.78 is 17.1. The number of methoxy groups -OCH3 is 1. The van der Waals surface area contributed by atoms with Gasteiger partial charge in [0.05, 0.1) is 24.7 Å². The van der Waals surface area contributed by atoms with Gasteiger partial charge in [0, 0.05) is 41.1 Å². The second-order valence-corrected chi connectivity index (χ2v) is 9.89. The molecule has 5 rings (SSSR count). The fourth-order valence-electron chi connectivity index (χ4n) is 5.07. The summed E-state index contributed by atoms with van der Waals surface area (Å²) in [6, 6.07) is 9.32. The van der Waals surface area contributed by atoms with Crippen LogP contribution in [0, 0.1) is 6.58 Å². The van der Waals surface area contributed by atoms with E-state index in [0.29, 0.717) is 63.2 Å². The average molecular weight is 531 g/mol. The van der Waals surface area contributed by atoms with Gasteiger partial charge < -0.3 is 34.4 Å². The van der Waals surface area contributed by atoms with Gasteiger partial charge in [0.25, 0.3) is 0 Å². The lowest BCUT2D eigenvalue weighted by molar-refractivity contribution is -0.254. The summed E-state index contributed by atoms with van der Waals surface area (Å²) in [5.74, 6) is -0.451. The minimum Gasteiger partial charge on any atom is -0.545 e. The minimum absolute atomic E-state index is 0.0373. The second-order valence-electron chi connectivity index (χ2n) is 9.49. The van der Waals surface area contributed by atoms with E-state index in [9.17, 15) is 14.7 Å². The first kappa shape index (κ1) is 25.8. The normalized spacial score (nSPS) is 20.4. The number of carboxylic acids is 1. The maximum Gasteiger partial charge on any atom is 0.182 e. The summed E-state index contributed by atoms with van der Waals surface area (Å²) in [6.45, 7) is 8.43. The molecule has 1 unspecified atom stereocenters. The third kappa shape index (κ3) is 5.13. The highest BCUT2D eigenvalue weighted by Gasteiger charge is 2.33. The van der Waals surface area contributed by atoms with E-state index >= 15 is 0 Å². The summed E-state index contributed by atoms with van der Waals surface area (Å²) in [5.41, 5.74) is 3.17. The first-order chi connectivity index (χ1) is 18.2. The van der Waals surface area contributed by atoms with Crippen LogP contribution < -0.4 is 21.2 Å². The average Bonchev–Trinajstić information content (AvgIpc) is 3.20. The molecule has 2 aliphatic heterocycles. The quantitative estimate of drug-likeness (QED) is 0.366. The summed E-state index contributed by atoms with van der Waals surface area (Å²) in [5, 5.41) is 19.0. The van der Waals surface area contributed by atoms with Crippen LogP contribution in [0.2, 0.25) is 0 Å². The van der Waals surface area contributed by atoms with E-state index in [-0.39, 0.29) is 29.2 Å². The van der Waals surface area contributed by atoms with Crippen LogP contribution in [0.3, 0.4) is 0 Å². The molecule has 1 fully saturated rings. The Morgan fingerprint density at radius 3 is 2.76 bits per heavy atom. The number of benzene rings is 2. The zero-order valence-electron chi connectivity index (χ0n) is 20.9. The molecule has 3 atom stereocenters. The van der Waals surface area contributed by atoms with Crippen LogP contribution in [0.25, 0.3) is 28.5 Å². The largest absolute Gasteiger partial charge is 0.545 e. The van der Waals surface area contributed by atoms with Crippen molar-refractivity contribution in [2.75, 3.05) is 19.0 Å². The van der Waals surface area contributed by atoms with Crippen LogP contribution >= 0.6 is 12.2 Å². The van der Waals surface area contributed by atoms with Crippen molar-refractivity contribution in [2.24, 2.45) is 0 Å². The van der Waals surface area contributed by atoms with Gasteiger partial charge in [0.15, 0.2) is 10.5 Å². The molecule has 1 aromatic rings. The van der Waals surface area contributed by atoms with Gasteiger partial charge in [-0.3, -0.25) is 11.4 Å². The fourth-order valence-corrected chi connectivity index (χ4v) is 5.34. The monoisotopic (exact) mass is 530 g/mol. The van der Waals surface area contributed by atoms with Crippen molar-refractivity contribution >= 4 is 35.1 Å². The number of anilines is 1. The number of rotatable bonds is 6. The van der Waals surface area contributed by atoms with Crippen molar-refractivity contribution in [2.45, 2.75) is 38.0 Å². The molecule has 0 spiro atoms. The number of carbonyl (C=O) groups excluding carboxylic acids is 1. The molecule has 1 saturated heterocycles. The third-order valence-electron chi connectivity index (χ3n) is 6.71. The highest BCUT2D eigenvalue weighted by atomic mass is 32.1. The molecule has 0 amide bonds. The molecule has 0 aromatic heterocycles. The number of hydrogen-bond acceptors (Lipinski definition) is 7. The smallest absolute Gasteiger partial charge is 0.182 e. The summed E-state index contributed by atoms with van der Waals surface area (Å²) in [7, 11) is 1.62. The van der Waals surface area contributed by atoms with Gasteiger partial charge in [-0.05, 0) is 61.8 Å². The molecule has 38 heavy (non-hydrogen) atoms. The Morgan fingerprint density at radius 1 is 1.21 bits per heavy atom. The molecule has 2 aliphatic carbocycles. The molecule has 196 valence electrons. The van der Waals surface area contributed by atoms with Gasteiger partial charge in [-0.25, -0.2) is 11.6 Å². The van der Waals surface area contributed by atoms with Crippen molar-refractivity contribution in [1.29, 1.82) is 0 Å². The lowest BCUT2D eigenvalue weighted by Gasteiger charge is -2.25. The van der Waals surface area contributed by atoms with E-state index in [1.807, 2.05) is 6.92 Å². The van der Waals surface area contributed by atoms with Gasteiger partial charge in [-0.15, -0.1) is 6.08 Å². The van der Waals surface area contributed by atoms with Crippen LogP contribution in [0.4, 0.5) is 5.69 Å². The van der Waals surface area contributed by atoms with Crippen molar-refractivity contribution in [1.82, 2.24) is 5.32 Å². The second kappa shape index (κ2) is 10.5. The maximum atomic E-state index is 12.3. The number of nitrogens with one attached hydrogen (secondary N) is 2. The molecule has 2 heterocycles. The number of aromatic carboxylic acids is 1. The van der Waals surface area contributed by atoms with E-state index in [4.69, 9.17) is 32.7 Å². The van der Waals surface area contributed by atoms with Gasteiger partial charge in [0.2, 0.25) is 0 Å². The zero-order chi connectivity index (χ0) is 27.0. The molecule has 4 aliphatic rings. The van der Waals surface area contributed by atoms with E-state index in [1.54, 1.807) is 37.5 Å². The van der Waals surface area contributed by atoms with Gasteiger partial charge in [-0.2, -0.15) is 0 Å². The highest BCUT2D eigenvalue weighted by Crippen LogP contribution is 2.42. The number of thiocarbonyl (C=S) groups is 1. The molecule has 8 nitrogen and oxygen atoms in total. The molecular weight excluding hydrogens is 504 g/mol. The third-order valence-corrected chi connectivity index (χ3v) is 6.93. The number of ether oxygens (including phenoxy) is 2. The number of hydrogen-bond donors (Lipinski definition) is 2. The minimum atomic E-state index is -1.35. The van der Waals surface area contributed by atoms with Crippen LogP contribution in [-0.2, 0) is 15.9 Å². The number of carboxylic acid groups (broad SMARTS) is 1. The lowest BCUT2D eigenvalue weighted by atomic mass is 9.86. The summed E-state index contributed by atoms with van der Waals surface area (Å²) >= 11 is 5.50. The molecule has 1 aromatic carbocycles. The standard InChI is InChI=1S/C29H27N2O6S/c1-15-4-7-20-24(10-15)37-25-13-18(32)6-9-21(25)27(20)19-8-5-17(12-22(19)28(33)34)30-29(38)31-23-11-16(2)36-26(23)14-35-3/h1,4-9,12-13,16,23,26H,10-11,14H2,2-3H3,(H,33,34)(H2,30,31,38)/q-1/p-1/t16-,23?,26+/m0/s1. The van der Waals surface area contributed by atoms with Crippen molar-refractivity contribution in [3.05, 3.63) is 81.7 Å². The van der Waals surface area contributed by atoms with Crippen LogP contribution in [0.15, 0.2) is 57.3 Å². The molecule has 2 N–H and O–H groups in total. The SMILES string of the molecule is [CH-]=C1C=Cc2c(oc3cc(=O)ccc-3c2-c2ccc(NC(=S)NC3C[C@H](C)O[C@@H]3COC)cc2C(=O)[O-])C1. The zero-order valence-corrected chi connectivity index (χ0v) is 21.7. The number of allylic oxidation sites excluding steroid dienone is 2. The Bertz CT molecular complexity index is 1490. The van der Waals surface area contributed by atoms with Crippen LogP contribution in [0.1, 0.15) is 35.0 Å². The Hall–Kier alpha value is -3.79. The maximum absolute atomic E-state index is 12.3. The van der Waals surface area contributed by atoms with Gasteiger partial charge >= 0.3 is 0 Å². The van der Waals surface area contributed by atoms with Gasteiger partial charge in [0.1, 0.15) is 17.6 Å². The van der Waals surface area contributed by atoms with E-state index in [0.717, 1.165) is 6.42 Å². The first-order valence-electron chi connectivity index (χ1n) is 12.2. The molecular formula is C29H26N2O6S-2. The highest BCUT2D eigenvalue weighted by molar-refractivity contribution is 7.80. The predicted octanol–water partition coefficient (Wildman–Crippen LogP) is 3.18. The summed E-state index contributed by atoms with van der Waals surface area (Å²) in [4.78, 5) is 24.4. The predicted molar refractivity (Wildman–Crippen MR) is 146 cm³/mol. The van der Waals surface area contributed by atoms with Gasteiger partial charge in [-0.1, -0.05) is 6.07 Å². The Morgan fingerprint density at radius 2 is 2.00 bits per heavy atom. The Labute approximate surface area is 225 Å². The summed E-state index contributed by atoms with van der Waals surface area (Å²) in [6.07, 6.45) is 4.58.